The molecule has 0 amide bonds. The Kier molecular flexibility index (Phi) is 4.15. The Bertz CT molecular complexity index is 485. The van der Waals surface area contributed by atoms with E-state index < -0.39 is 0 Å². The monoisotopic (exact) mass is 246 g/mol. The maximum Gasteiger partial charge on any atom is 0.123 e. The molecule has 2 aromatic rings. The van der Waals surface area contributed by atoms with E-state index in [-0.39, 0.29) is 5.82 Å². The molecule has 0 bridgehead atoms. The summed E-state index contributed by atoms with van der Waals surface area (Å²) < 4.78 is 15.0. The molecule has 0 saturated heterocycles. The van der Waals surface area contributed by atoms with Crippen molar-refractivity contribution in [3.63, 3.8) is 0 Å². The third kappa shape index (κ3) is 3.20. The Hall–Kier alpha value is -1.61. The minimum atomic E-state index is -0.203. The van der Waals surface area contributed by atoms with Crippen molar-refractivity contribution in [2.24, 2.45) is 5.92 Å². The molecule has 3 heteroatoms. The number of hydrogen-bond acceptors (Lipinski definition) is 1. The summed E-state index contributed by atoms with van der Waals surface area (Å²) >= 11 is 0. The zero-order valence-corrected chi connectivity index (χ0v) is 10.9. The Morgan fingerprint density at radius 1 is 1.17 bits per heavy atom. The fourth-order valence-electron chi connectivity index (χ4n) is 1.90. The Labute approximate surface area is 107 Å². The molecular weight excluding hydrogens is 227 g/mol. The second-order valence-corrected chi connectivity index (χ2v) is 4.87. The fourth-order valence-corrected chi connectivity index (χ4v) is 1.90. The van der Waals surface area contributed by atoms with Gasteiger partial charge in [0.25, 0.3) is 0 Å². The molecule has 0 aliphatic carbocycles. The molecule has 0 radical (unpaired) electrons. The van der Waals surface area contributed by atoms with Gasteiger partial charge >= 0.3 is 0 Å². The zero-order valence-electron chi connectivity index (χ0n) is 10.9. The van der Waals surface area contributed by atoms with E-state index in [4.69, 9.17) is 0 Å². The van der Waals surface area contributed by atoms with Crippen LogP contribution in [-0.2, 0) is 6.54 Å². The van der Waals surface area contributed by atoms with Crippen LogP contribution >= 0.6 is 0 Å². The van der Waals surface area contributed by atoms with Crippen LogP contribution in [-0.4, -0.2) is 11.1 Å². The van der Waals surface area contributed by atoms with Gasteiger partial charge < -0.3 is 9.88 Å². The maximum atomic E-state index is 12.9. The van der Waals surface area contributed by atoms with E-state index in [0.29, 0.717) is 5.92 Å². The molecule has 0 aliphatic heterocycles. The van der Waals surface area contributed by atoms with Crippen molar-refractivity contribution in [3.8, 4) is 5.69 Å². The molecule has 1 aromatic carbocycles. The second kappa shape index (κ2) is 5.83. The molecule has 1 heterocycles. The highest BCUT2D eigenvalue weighted by Gasteiger charge is 2.03. The van der Waals surface area contributed by atoms with Crippen molar-refractivity contribution in [1.82, 2.24) is 9.88 Å². The van der Waals surface area contributed by atoms with Gasteiger partial charge in [-0.05, 0) is 48.9 Å². The number of aromatic nitrogens is 1. The number of nitrogens with one attached hydrogen (secondary N) is 1. The number of halogens is 1. The van der Waals surface area contributed by atoms with Gasteiger partial charge in [-0.15, -0.1) is 0 Å². The first kappa shape index (κ1) is 12.8. The quantitative estimate of drug-likeness (QED) is 0.856. The average Bonchev–Trinajstić information content (AvgIpc) is 2.78. The minimum absolute atomic E-state index is 0.203. The predicted octanol–water partition coefficient (Wildman–Crippen LogP) is 3.36. The molecule has 1 N–H and O–H groups in total. The van der Waals surface area contributed by atoms with E-state index in [9.17, 15) is 4.39 Å². The van der Waals surface area contributed by atoms with Crippen LogP contribution in [0.3, 0.4) is 0 Å². The summed E-state index contributed by atoms with van der Waals surface area (Å²) in [7, 11) is 0. The Balaban J connectivity index is 2.10. The minimum Gasteiger partial charge on any atom is -0.320 e. The third-order valence-corrected chi connectivity index (χ3v) is 2.80. The molecule has 0 spiro atoms. The van der Waals surface area contributed by atoms with Crippen molar-refractivity contribution in [3.05, 3.63) is 54.1 Å². The molecule has 18 heavy (non-hydrogen) atoms. The summed E-state index contributed by atoms with van der Waals surface area (Å²) in [6.45, 7) is 6.19. The van der Waals surface area contributed by atoms with Gasteiger partial charge in [-0.1, -0.05) is 13.8 Å². The van der Waals surface area contributed by atoms with Gasteiger partial charge in [0.2, 0.25) is 0 Å². The Morgan fingerprint density at radius 3 is 2.56 bits per heavy atom. The van der Waals surface area contributed by atoms with Gasteiger partial charge in [0.15, 0.2) is 0 Å². The van der Waals surface area contributed by atoms with Crippen molar-refractivity contribution >= 4 is 0 Å². The van der Waals surface area contributed by atoms with Crippen molar-refractivity contribution in [2.45, 2.75) is 20.4 Å². The van der Waals surface area contributed by atoms with Crippen LogP contribution in [0, 0.1) is 11.7 Å². The van der Waals surface area contributed by atoms with E-state index in [2.05, 4.69) is 29.8 Å². The molecule has 2 rings (SSSR count). The summed E-state index contributed by atoms with van der Waals surface area (Å²) in [5, 5.41) is 3.41. The Morgan fingerprint density at radius 2 is 1.89 bits per heavy atom. The van der Waals surface area contributed by atoms with Crippen LogP contribution in [0.1, 0.15) is 19.5 Å². The highest BCUT2D eigenvalue weighted by Crippen LogP contribution is 2.13. The van der Waals surface area contributed by atoms with Gasteiger partial charge in [0.05, 0.1) is 0 Å². The standard InChI is InChI=1S/C15H19FN2/c1-12(2)10-17-11-15-4-3-9-18(15)14-7-5-13(16)6-8-14/h3-9,12,17H,10-11H2,1-2H3. The number of hydrogen-bond donors (Lipinski definition) is 1. The maximum absolute atomic E-state index is 12.9. The van der Waals surface area contributed by atoms with E-state index in [1.807, 2.05) is 12.3 Å². The van der Waals surface area contributed by atoms with Gasteiger partial charge in [0, 0.05) is 24.1 Å². The van der Waals surface area contributed by atoms with Crippen LogP contribution in [0.4, 0.5) is 4.39 Å². The normalized spacial score (nSPS) is 11.1. The van der Waals surface area contributed by atoms with Crippen LogP contribution in [0.25, 0.3) is 5.69 Å². The fraction of sp³-hybridized carbons (Fsp3) is 0.333. The first-order chi connectivity index (χ1) is 8.66. The number of nitrogens with zero attached hydrogens (tertiary/aromatic N) is 1. The summed E-state index contributed by atoms with van der Waals surface area (Å²) in [4.78, 5) is 0. The SMILES string of the molecule is CC(C)CNCc1cccn1-c1ccc(F)cc1. The third-order valence-electron chi connectivity index (χ3n) is 2.80. The van der Waals surface area contributed by atoms with Gasteiger partial charge in [0.1, 0.15) is 5.82 Å². The lowest BCUT2D eigenvalue weighted by Crippen LogP contribution is -2.20. The van der Waals surface area contributed by atoms with E-state index in [0.717, 1.165) is 18.8 Å². The molecule has 96 valence electrons. The highest BCUT2D eigenvalue weighted by atomic mass is 19.1. The molecule has 0 unspecified atom stereocenters. The molecule has 2 nitrogen and oxygen atoms in total. The van der Waals surface area contributed by atoms with Gasteiger partial charge in [-0.2, -0.15) is 0 Å². The van der Waals surface area contributed by atoms with Crippen LogP contribution in [0.15, 0.2) is 42.6 Å². The molecule has 0 saturated carbocycles. The van der Waals surface area contributed by atoms with E-state index in [1.54, 1.807) is 12.1 Å². The lowest BCUT2D eigenvalue weighted by atomic mass is 10.2. The van der Waals surface area contributed by atoms with Crippen molar-refractivity contribution in [2.75, 3.05) is 6.54 Å². The second-order valence-electron chi connectivity index (χ2n) is 4.87. The smallest absolute Gasteiger partial charge is 0.123 e. The van der Waals surface area contributed by atoms with Crippen LogP contribution in [0.5, 0.6) is 0 Å². The molecule has 0 atom stereocenters. The van der Waals surface area contributed by atoms with Crippen molar-refractivity contribution in [1.29, 1.82) is 0 Å². The predicted molar refractivity (Wildman–Crippen MR) is 72.3 cm³/mol. The lowest BCUT2D eigenvalue weighted by molar-refractivity contribution is 0.545. The summed E-state index contributed by atoms with van der Waals surface area (Å²) in [5.74, 6) is 0.435. The van der Waals surface area contributed by atoms with Crippen LogP contribution < -0.4 is 5.32 Å². The summed E-state index contributed by atoms with van der Waals surface area (Å²) in [6, 6.07) is 10.6. The highest BCUT2D eigenvalue weighted by molar-refractivity contribution is 5.35. The molecule has 0 fully saturated rings. The zero-order chi connectivity index (χ0) is 13.0. The molecular formula is C15H19FN2. The summed E-state index contributed by atoms with van der Waals surface area (Å²) in [5.41, 5.74) is 2.17. The largest absolute Gasteiger partial charge is 0.320 e. The van der Waals surface area contributed by atoms with Gasteiger partial charge in [-0.3, -0.25) is 0 Å². The van der Waals surface area contributed by atoms with E-state index in [1.165, 1.54) is 17.8 Å². The molecule has 0 aliphatic rings. The molecule has 1 aromatic heterocycles. The first-order valence-electron chi connectivity index (χ1n) is 6.29. The first-order valence-corrected chi connectivity index (χ1v) is 6.29. The van der Waals surface area contributed by atoms with Gasteiger partial charge in [-0.25, -0.2) is 4.39 Å². The lowest BCUT2D eigenvalue weighted by Gasteiger charge is -2.11. The van der Waals surface area contributed by atoms with Crippen molar-refractivity contribution < 1.29 is 4.39 Å². The topological polar surface area (TPSA) is 17.0 Å². The number of benzene rings is 1. The average molecular weight is 246 g/mol. The van der Waals surface area contributed by atoms with Crippen LogP contribution in [0.2, 0.25) is 0 Å². The van der Waals surface area contributed by atoms with E-state index >= 15 is 0 Å². The summed E-state index contributed by atoms with van der Waals surface area (Å²) in [6.07, 6.45) is 2.00. The number of rotatable bonds is 5.